The molecule has 0 saturated carbocycles. The third kappa shape index (κ3) is 3.60. The van der Waals surface area contributed by atoms with Crippen LogP contribution in [0.25, 0.3) is 10.9 Å². The summed E-state index contributed by atoms with van der Waals surface area (Å²) in [6, 6.07) is 16.4. The zero-order chi connectivity index (χ0) is 16.2. The van der Waals surface area contributed by atoms with E-state index in [0.29, 0.717) is 17.9 Å². The second-order valence-corrected chi connectivity index (χ2v) is 5.56. The molecule has 0 amide bonds. The van der Waals surface area contributed by atoms with Crippen molar-refractivity contribution < 1.29 is 9.53 Å². The summed E-state index contributed by atoms with van der Waals surface area (Å²) in [6.07, 6.45) is 0.100. The third-order valence-corrected chi connectivity index (χ3v) is 3.65. The summed E-state index contributed by atoms with van der Waals surface area (Å²) in [5, 5.41) is 0.305. The summed E-state index contributed by atoms with van der Waals surface area (Å²) >= 11 is 5.48. The Bertz CT molecular complexity index is 903. The highest BCUT2D eigenvalue weighted by Crippen LogP contribution is 2.27. The minimum absolute atomic E-state index is 0.100. The van der Waals surface area contributed by atoms with Gasteiger partial charge in [-0.25, -0.2) is 0 Å². The van der Waals surface area contributed by atoms with Gasteiger partial charge in [-0.2, -0.15) is 0 Å². The molecule has 4 nitrogen and oxygen atoms in total. The number of nitrogens with one attached hydrogen (secondary N) is 1. The van der Waals surface area contributed by atoms with Crippen molar-refractivity contribution in [3.05, 3.63) is 76.1 Å². The Morgan fingerprint density at radius 2 is 1.83 bits per heavy atom. The van der Waals surface area contributed by atoms with E-state index in [2.05, 4.69) is 4.98 Å². The lowest BCUT2D eigenvalue weighted by atomic mass is 10.1. The predicted octanol–water partition coefficient (Wildman–Crippen LogP) is 3.42. The van der Waals surface area contributed by atoms with E-state index in [4.69, 9.17) is 16.3 Å². The maximum atomic E-state index is 11.6. The molecule has 0 unspecified atom stereocenters. The van der Waals surface area contributed by atoms with Crippen LogP contribution in [0.3, 0.4) is 0 Å². The maximum absolute atomic E-state index is 11.6. The molecule has 0 aliphatic carbocycles. The number of hydrogen-bond donors (Lipinski definition) is 1. The summed E-state index contributed by atoms with van der Waals surface area (Å²) in [7, 11) is 0. The van der Waals surface area contributed by atoms with Gasteiger partial charge in [0, 0.05) is 17.9 Å². The topological polar surface area (TPSA) is 59.2 Å². The van der Waals surface area contributed by atoms with E-state index in [-0.39, 0.29) is 12.0 Å². The summed E-state index contributed by atoms with van der Waals surface area (Å²) in [5.41, 5.74) is 2.13. The van der Waals surface area contributed by atoms with E-state index in [1.54, 1.807) is 18.2 Å². The molecule has 0 spiro atoms. The Morgan fingerprint density at radius 1 is 1.04 bits per heavy atom. The van der Waals surface area contributed by atoms with Gasteiger partial charge in [0.25, 0.3) is 0 Å². The summed E-state index contributed by atoms with van der Waals surface area (Å²) in [5.74, 6) is 0.562. The van der Waals surface area contributed by atoms with Crippen LogP contribution in [0.4, 0.5) is 0 Å². The van der Waals surface area contributed by atoms with E-state index < -0.39 is 5.24 Å². The Kier molecular flexibility index (Phi) is 4.44. The number of halogens is 1. The highest BCUT2D eigenvalue weighted by atomic mass is 35.5. The van der Waals surface area contributed by atoms with Crippen molar-refractivity contribution in [2.75, 3.05) is 0 Å². The SMILES string of the molecule is O=C(Cl)Cc1ccc(OCc2ccccc2)c2[nH]c(=O)ccc12. The number of hydrogen-bond acceptors (Lipinski definition) is 3. The fourth-order valence-electron chi connectivity index (χ4n) is 2.45. The molecule has 0 aliphatic rings. The minimum atomic E-state index is -0.449. The average molecular weight is 328 g/mol. The number of rotatable bonds is 5. The van der Waals surface area contributed by atoms with Gasteiger partial charge in [0.15, 0.2) is 0 Å². The van der Waals surface area contributed by atoms with Gasteiger partial charge in [0.1, 0.15) is 12.4 Å². The van der Waals surface area contributed by atoms with Crippen LogP contribution in [0.5, 0.6) is 5.75 Å². The molecule has 116 valence electrons. The highest BCUT2D eigenvalue weighted by Gasteiger charge is 2.10. The van der Waals surface area contributed by atoms with Gasteiger partial charge in [-0.15, -0.1) is 0 Å². The molecule has 0 atom stereocenters. The van der Waals surface area contributed by atoms with Gasteiger partial charge in [-0.05, 0) is 34.9 Å². The number of aromatic amines is 1. The molecular weight excluding hydrogens is 314 g/mol. The van der Waals surface area contributed by atoms with Crippen molar-refractivity contribution in [3.63, 3.8) is 0 Å². The zero-order valence-corrected chi connectivity index (χ0v) is 13.0. The van der Waals surface area contributed by atoms with Crippen LogP contribution in [-0.2, 0) is 17.8 Å². The van der Waals surface area contributed by atoms with Gasteiger partial charge in [0.05, 0.1) is 5.52 Å². The summed E-state index contributed by atoms with van der Waals surface area (Å²) < 4.78 is 5.83. The fraction of sp³-hybridized carbons (Fsp3) is 0.111. The number of fused-ring (bicyclic) bond motifs is 1. The van der Waals surface area contributed by atoms with Crippen molar-refractivity contribution in [1.29, 1.82) is 0 Å². The van der Waals surface area contributed by atoms with Crippen LogP contribution in [-0.4, -0.2) is 10.2 Å². The quantitative estimate of drug-likeness (QED) is 0.730. The van der Waals surface area contributed by atoms with Crippen LogP contribution >= 0.6 is 11.6 Å². The molecule has 0 radical (unpaired) electrons. The van der Waals surface area contributed by atoms with Crippen LogP contribution in [0.15, 0.2) is 59.4 Å². The molecule has 3 aromatic rings. The smallest absolute Gasteiger partial charge is 0.248 e. The van der Waals surface area contributed by atoms with Gasteiger partial charge in [0.2, 0.25) is 10.8 Å². The lowest BCUT2D eigenvalue weighted by molar-refractivity contribution is -0.111. The van der Waals surface area contributed by atoms with E-state index in [1.165, 1.54) is 6.07 Å². The second-order valence-electron chi connectivity index (χ2n) is 5.14. The summed E-state index contributed by atoms with van der Waals surface area (Å²) in [4.78, 5) is 25.6. The average Bonchev–Trinajstić information content (AvgIpc) is 2.54. The standard InChI is InChI=1S/C18H14ClNO3/c19-16(21)10-13-6-8-15(18-14(13)7-9-17(22)20-18)23-11-12-4-2-1-3-5-12/h1-9H,10-11H2,(H,20,22). The zero-order valence-electron chi connectivity index (χ0n) is 12.2. The van der Waals surface area contributed by atoms with E-state index in [9.17, 15) is 9.59 Å². The van der Waals surface area contributed by atoms with Crippen LogP contribution in [0, 0.1) is 0 Å². The molecular formula is C18H14ClNO3. The first-order chi connectivity index (χ1) is 11.1. The molecule has 2 aromatic carbocycles. The highest BCUT2D eigenvalue weighted by molar-refractivity contribution is 6.63. The first-order valence-corrected chi connectivity index (χ1v) is 7.51. The third-order valence-electron chi connectivity index (χ3n) is 3.51. The predicted molar refractivity (Wildman–Crippen MR) is 89.9 cm³/mol. The maximum Gasteiger partial charge on any atom is 0.248 e. The van der Waals surface area contributed by atoms with E-state index >= 15 is 0 Å². The normalized spacial score (nSPS) is 10.7. The van der Waals surface area contributed by atoms with Crippen molar-refractivity contribution >= 4 is 27.7 Å². The molecule has 5 heteroatoms. The molecule has 3 rings (SSSR count). The molecule has 0 fully saturated rings. The Labute approximate surface area is 137 Å². The summed E-state index contributed by atoms with van der Waals surface area (Å²) in [6.45, 7) is 0.390. The van der Waals surface area contributed by atoms with E-state index in [0.717, 1.165) is 16.5 Å². The molecule has 1 heterocycles. The van der Waals surface area contributed by atoms with Gasteiger partial charge < -0.3 is 9.72 Å². The number of pyridine rings is 1. The molecule has 0 saturated heterocycles. The molecule has 0 bridgehead atoms. The number of ether oxygens (including phenoxy) is 1. The second kappa shape index (κ2) is 6.67. The first-order valence-electron chi connectivity index (χ1n) is 7.13. The van der Waals surface area contributed by atoms with Crippen molar-refractivity contribution in [2.24, 2.45) is 0 Å². The van der Waals surface area contributed by atoms with Gasteiger partial charge >= 0.3 is 0 Å². The molecule has 1 aromatic heterocycles. The molecule has 0 aliphatic heterocycles. The first kappa shape index (κ1) is 15.3. The number of carbonyl (C=O) groups excluding carboxylic acids is 1. The monoisotopic (exact) mass is 327 g/mol. The fourth-order valence-corrected chi connectivity index (χ4v) is 2.59. The van der Waals surface area contributed by atoms with Crippen LogP contribution in [0.1, 0.15) is 11.1 Å². The molecule has 23 heavy (non-hydrogen) atoms. The number of carbonyl (C=O) groups is 1. The van der Waals surface area contributed by atoms with Crippen molar-refractivity contribution in [1.82, 2.24) is 4.98 Å². The largest absolute Gasteiger partial charge is 0.487 e. The number of H-pyrrole nitrogens is 1. The van der Waals surface area contributed by atoms with Gasteiger partial charge in [-0.3, -0.25) is 9.59 Å². The number of benzene rings is 2. The van der Waals surface area contributed by atoms with E-state index in [1.807, 2.05) is 30.3 Å². The van der Waals surface area contributed by atoms with Crippen molar-refractivity contribution in [3.8, 4) is 5.75 Å². The minimum Gasteiger partial charge on any atom is -0.487 e. The Hall–Kier alpha value is -2.59. The van der Waals surface area contributed by atoms with Crippen LogP contribution < -0.4 is 10.3 Å². The Morgan fingerprint density at radius 3 is 2.57 bits per heavy atom. The van der Waals surface area contributed by atoms with Crippen molar-refractivity contribution in [2.45, 2.75) is 13.0 Å². The van der Waals surface area contributed by atoms with Crippen LogP contribution in [0.2, 0.25) is 0 Å². The lowest BCUT2D eigenvalue weighted by Gasteiger charge is -2.11. The Balaban J connectivity index is 1.98. The lowest BCUT2D eigenvalue weighted by Crippen LogP contribution is -2.06. The molecule has 1 N–H and O–H groups in total. The number of aromatic nitrogens is 1. The van der Waals surface area contributed by atoms with Gasteiger partial charge in [-0.1, -0.05) is 36.4 Å².